The lowest BCUT2D eigenvalue weighted by Crippen LogP contribution is -2.41. The number of rotatable bonds is 3. The van der Waals surface area contributed by atoms with Gasteiger partial charge in [0.05, 0.1) is 34.6 Å². The molecule has 2 bridgehead atoms. The van der Waals surface area contributed by atoms with Gasteiger partial charge in [-0.1, -0.05) is 6.07 Å². The summed E-state index contributed by atoms with van der Waals surface area (Å²) in [6.45, 7) is 0.397. The third-order valence-corrected chi connectivity index (χ3v) is 7.60. The fraction of sp³-hybridized carbons (Fsp3) is 0.263. The van der Waals surface area contributed by atoms with Crippen molar-refractivity contribution < 1.29 is 17.6 Å². The topological polar surface area (TPSA) is 105 Å². The number of halogens is 1. The molecule has 0 spiro atoms. The Kier molecular flexibility index (Phi) is 3.98. The van der Waals surface area contributed by atoms with Crippen LogP contribution in [0.1, 0.15) is 16.9 Å². The third-order valence-electron chi connectivity index (χ3n) is 5.39. The Morgan fingerprint density at radius 1 is 1.21 bits per heavy atom. The van der Waals surface area contributed by atoms with E-state index in [0.29, 0.717) is 29.7 Å². The summed E-state index contributed by atoms with van der Waals surface area (Å²) in [5.41, 5.74) is 0.790. The average Bonchev–Trinajstić information content (AvgIpc) is 3.24. The highest BCUT2D eigenvalue weighted by molar-refractivity contribution is 7.92. The zero-order valence-electron chi connectivity index (χ0n) is 15.1. The highest BCUT2D eigenvalue weighted by Gasteiger charge is 2.48. The molecule has 8 nitrogen and oxygen atoms in total. The first kappa shape index (κ1) is 17.9. The van der Waals surface area contributed by atoms with Crippen LogP contribution in [0.5, 0.6) is 0 Å². The largest absolute Gasteiger partial charge is 0.350 e. The minimum absolute atomic E-state index is 0.0686. The van der Waals surface area contributed by atoms with Gasteiger partial charge in [-0.3, -0.25) is 9.78 Å². The van der Waals surface area contributed by atoms with E-state index in [1.807, 2.05) is 4.90 Å². The van der Waals surface area contributed by atoms with Gasteiger partial charge in [0.15, 0.2) is 9.84 Å². The van der Waals surface area contributed by atoms with E-state index in [1.54, 1.807) is 18.3 Å². The Hall–Kier alpha value is -3.14. The minimum atomic E-state index is -3.00. The van der Waals surface area contributed by atoms with Crippen molar-refractivity contribution in [2.45, 2.75) is 17.7 Å². The van der Waals surface area contributed by atoms with Gasteiger partial charge in [-0.15, -0.1) is 0 Å². The zero-order chi connectivity index (χ0) is 20.2. The summed E-state index contributed by atoms with van der Waals surface area (Å²) in [5.74, 6) is -0.350. The van der Waals surface area contributed by atoms with Crippen LogP contribution in [0.3, 0.4) is 0 Å². The molecule has 2 atom stereocenters. The lowest BCUT2D eigenvalue weighted by atomic mass is 10.2. The van der Waals surface area contributed by atoms with E-state index < -0.39 is 21.6 Å². The van der Waals surface area contributed by atoms with Crippen molar-refractivity contribution in [2.24, 2.45) is 0 Å². The molecule has 2 saturated heterocycles. The molecule has 1 amide bonds. The quantitative estimate of drug-likeness (QED) is 0.698. The molecule has 10 heteroatoms. The van der Waals surface area contributed by atoms with Crippen molar-refractivity contribution in [3.05, 3.63) is 54.4 Å². The van der Waals surface area contributed by atoms with Crippen LogP contribution in [-0.4, -0.2) is 52.9 Å². The van der Waals surface area contributed by atoms with Crippen LogP contribution < -0.4 is 10.2 Å². The highest BCUT2D eigenvalue weighted by Crippen LogP contribution is 2.35. The monoisotopic (exact) mass is 413 g/mol. The molecule has 2 aromatic heterocycles. The number of anilines is 2. The zero-order valence-corrected chi connectivity index (χ0v) is 15.9. The molecule has 0 radical (unpaired) electrons. The molecular formula is C19H16FN5O3S. The molecule has 148 valence electrons. The van der Waals surface area contributed by atoms with Gasteiger partial charge in [-0.05, 0) is 24.6 Å². The first-order chi connectivity index (χ1) is 13.9. The average molecular weight is 413 g/mol. The van der Waals surface area contributed by atoms with Crippen molar-refractivity contribution in [1.82, 2.24) is 15.0 Å². The standard InChI is InChI=1S/C19H16FN5O3S/c20-12-4-11-2-1-3-21-18(11)15(5-12)24-19(26)16-7-23-17(8-22-16)25-9-14-6-13(25)10-29(14,27)28/h1-5,7-8,13-14H,6,9-10H2,(H,24,26). The Bertz CT molecular complexity index is 1230. The number of hydrogen-bond acceptors (Lipinski definition) is 7. The van der Waals surface area contributed by atoms with E-state index in [0.717, 1.165) is 0 Å². The molecule has 2 aliphatic rings. The molecule has 2 unspecified atom stereocenters. The maximum Gasteiger partial charge on any atom is 0.275 e. The molecule has 2 aliphatic heterocycles. The smallest absolute Gasteiger partial charge is 0.275 e. The summed E-state index contributed by atoms with van der Waals surface area (Å²) in [6, 6.07) is 5.85. The predicted molar refractivity (Wildman–Crippen MR) is 105 cm³/mol. The Morgan fingerprint density at radius 2 is 2.07 bits per heavy atom. The van der Waals surface area contributed by atoms with Gasteiger partial charge in [0, 0.05) is 24.2 Å². The van der Waals surface area contributed by atoms with Gasteiger partial charge in [0.1, 0.15) is 17.3 Å². The first-order valence-electron chi connectivity index (χ1n) is 9.06. The Morgan fingerprint density at radius 3 is 2.76 bits per heavy atom. The number of pyridine rings is 1. The van der Waals surface area contributed by atoms with Gasteiger partial charge < -0.3 is 10.2 Å². The normalized spacial score (nSPS) is 22.2. The number of aromatic nitrogens is 3. The van der Waals surface area contributed by atoms with E-state index >= 15 is 0 Å². The number of carbonyl (C=O) groups is 1. The lowest BCUT2D eigenvalue weighted by molar-refractivity contribution is 0.102. The molecule has 3 aromatic rings. The van der Waals surface area contributed by atoms with Crippen LogP contribution in [0, 0.1) is 5.82 Å². The number of hydrogen-bond donors (Lipinski definition) is 1. The van der Waals surface area contributed by atoms with Crippen LogP contribution in [-0.2, 0) is 9.84 Å². The summed E-state index contributed by atoms with van der Waals surface area (Å²) < 4.78 is 37.6. The van der Waals surface area contributed by atoms with Crippen LogP contribution >= 0.6 is 0 Å². The predicted octanol–water partition coefficient (Wildman–Crippen LogP) is 1.79. The maximum absolute atomic E-state index is 13.8. The fourth-order valence-corrected chi connectivity index (χ4v) is 6.03. The molecule has 2 fully saturated rings. The van der Waals surface area contributed by atoms with Crippen LogP contribution in [0.15, 0.2) is 42.9 Å². The number of nitrogens with zero attached hydrogens (tertiary/aromatic N) is 4. The molecular weight excluding hydrogens is 397 g/mol. The summed E-state index contributed by atoms with van der Waals surface area (Å²) >= 11 is 0. The second-order valence-electron chi connectivity index (χ2n) is 7.24. The van der Waals surface area contributed by atoms with Crippen molar-refractivity contribution in [2.75, 3.05) is 22.5 Å². The van der Waals surface area contributed by atoms with Crippen LogP contribution in [0.2, 0.25) is 0 Å². The summed E-state index contributed by atoms with van der Waals surface area (Å²) in [6.07, 6.45) is 4.96. The fourth-order valence-electron chi connectivity index (χ4n) is 4.00. The summed E-state index contributed by atoms with van der Waals surface area (Å²) in [4.78, 5) is 27.1. The maximum atomic E-state index is 13.8. The van der Waals surface area contributed by atoms with Crippen molar-refractivity contribution in [3.63, 3.8) is 0 Å². The molecule has 1 aromatic carbocycles. The van der Waals surface area contributed by atoms with E-state index in [-0.39, 0.29) is 28.4 Å². The van der Waals surface area contributed by atoms with Crippen LogP contribution in [0.4, 0.5) is 15.9 Å². The minimum Gasteiger partial charge on any atom is -0.350 e. The van der Waals surface area contributed by atoms with Gasteiger partial charge in [0.25, 0.3) is 5.91 Å². The van der Waals surface area contributed by atoms with E-state index in [9.17, 15) is 17.6 Å². The van der Waals surface area contributed by atoms with Gasteiger partial charge in [0.2, 0.25) is 0 Å². The first-order valence-corrected chi connectivity index (χ1v) is 10.8. The highest BCUT2D eigenvalue weighted by atomic mass is 32.2. The van der Waals surface area contributed by atoms with Crippen molar-refractivity contribution in [1.29, 1.82) is 0 Å². The Balaban J connectivity index is 1.36. The number of fused-ring (bicyclic) bond motifs is 3. The second kappa shape index (κ2) is 6.45. The second-order valence-corrected chi connectivity index (χ2v) is 9.56. The number of nitrogens with one attached hydrogen (secondary N) is 1. The number of sulfone groups is 1. The van der Waals surface area contributed by atoms with E-state index in [1.165, 1.54) is 24.5 Å². The summed E-state index contributed by atoms with van der Waals surface area (Å²) in [5, 5.41) is 2.85. The van der Waals surface area contributed by atoms with Gasteiger partial charge in [-0.25, -0.2) is 22.8 Å². The van der Waals surface area contributed by atoms with Crippen LogP contribution in [0.25, 0.3) is 10.9 Å². The number of carbonyl (C=O) groups excluding carboxylic acids is 1. The van der Waals surface area contributed by atoms with E-state index in [4.69, 9.17) is 0 Å². The number of amides is 1. The van der Waals surface area contributed by atoms with Gasteiger partial charge in [-0.2, -0.15) is 0 Å². The third kappa shape index (κ3) is 3.09. The molecule has 5 rings (SSSR count). The lowest BCUT2D eigenvalue weighted by Gasteiger charge is -2.27. The molecule has 1 N–H and O–H groups in total. The Labute approximate surface area is 165 Å². The number of benzene rings is 1. The van der Waals surface area contributed by atoms with E-state index in [2.05, 4.69) is 20.3 Å². The summed E-state index contributed by atoms with van der Waals surface area (Å²) in [7, 11) is -3.00. The molecule has 0 aliphatic carbocycles. The van der Waals surface area contributed by atoms with Crippen molar-refractivity contribution >= 4 is 38.2 Å². The molecule has 29 heavy (non-hydrogen) atoms. The molecule has 0 saturated carbocycles. The van der Waals surface area contributed by atoms with Gasteiger partial charge >= 0.3 is 0 Å². The molecule has 4 heterocycles. The SMILES string of the molecule is O=C(Nc1cc(F)cc2cccnc12)c1cnc(N2CC3CC2CS3(=O)=O)cn1. The van der Waals surface area contributed by atoms with Crippen molar-refractivity contribution in [3.8, 4) is 0 Å².